The maximum absolute atomic E-state index is 13.6. The lowest BCUT2D eigenvalue weighted by Gasteiger charge is -2.21. The molecule has 3 heterocycles. The van der Waals surface area contributed by atoms with Gasteiger partial charge in [0, 0.05) is 24.7 Å². The van der Waals surface area contributed by atoms with Crippen LogP contribution in [0.15, 0.2) is 96.1 Å². The van der Waals surface area contributed by atoms with Crippen LogP contribution in [-0.2, 0) is 27.4 Å². The van der Waals surface area contributed by atoms with Crippen molar-refractivity contribution in [1.82, 2.24) is 29.0 Å². The predicted octanol–water partition coefficient (Wildman–Crippen LogP) is 6.82. The molecule has 1 fully saturated rings. The molecule has 52 heavy (non-hydrogen) atoms. The Kier molecular flexibility index (Phi) is 9.09. The van der Waals surface area contributed by atoms with Gasteiger partial charge in [0.1, 0.15) is 18.5 Å². The smallest absolute Gasteiger partial charge is 0.407 e. The zero-order valence-corrected chi connectivity index (χ0v) is 29.4. The number of amides is 1. The fourth-order valence-corrected chi connectivity index (χ4v) is 7.50. The van der Waals surface area contributed by atoms with Crippen molar-refractivity contribution in [3.05, 3.63) is 119 Å². The first-order valence-electron chi connectivity index (χ1n) is 18.2. The molecule has 0 radical (unpaired) electrons. The number of rotatable bonds is 13. The minimum atomic E-state index is -0.842. The van der Waals surface area contributed by atoms with Crippen LogP contribution in [-0.4, -0.2) is 55.0 Å². The average Bonchev–Trinajstić information content (AvgIpc) is 3.78. The lowest BCUT2D eigenvalue weighted by molar-refractivity contribution is -0.147. The molecule has 11 heteroatoms. The SMILES string of the molecule is CC(C)[C@H](NC(=O)OCC1c2ccccc2-c2ccccc21)C(=O)OCCCCn1c(Cn2c(=O)n(C3CC3)c3ccncc32)nc2ccccc21. The zero-order chi connectivity index (χ0) is 35.8. The summed E-state index contributed by atoms with van der Waals surface area (Å²) in [5.74, 6) is 0.0256. The molecular weight excluding hydrogens is 656 g/mol. The van der Waals surface area contributed by atoms with E-state index in [0.717, 1.165) is 63.0 Å². The summed E-state index contributed by atoms with van der Waals surface area (Å²) >= 11 is 0. The molecule has 3 aromatic carbocycles. The van der Waals surface area contributed by atoms with E-state index in [2.05, 4.69) is 39.1 Å². The van der Waals surface area contributed by atoms with Crippen molar-refractivity contribution in [3.8, 4) is 11.1 Å². The first-order chi connectivity index (χ1) is 25.4. The number of carbonyl (C=O) groups is 2. The van der Waals surface area contributed by atoms with E-state index in [4.69, 9.17) is 14.5 Å². The van der Waals surface area contributed by atoms with E-state index < -0.39 is 18.1 Å². The molecule has 2 aliphatic rings. The summed E-state index contributed by atoms with van der Waals surface area (Å²) in [5, 5.41) is 2.75. The van der Waals surface area contributed by atoms with E-state index in [1.165, 1.54) is 0 Å². The van der Waals surface area contributed by atoms with Crippen LogP contribution >= 0.6 is 0 Å². The summed E-state index contributed by atoms with van der Waals surface area (Å²) in [4.78, 5) is 49.0. The van der Waals surface area contributed by atoms with Gasteiger partial charge in [-0.2, -0.15) is 0 Å². The fourth-order valence-electron chi connectivity index (χ4n) is 7.50. The lowest BCUT2D eigenvalue weighted by Crippen LogP contribution is -2.45. The van der Waals surface area contributed by atoms with Gasteiger partial charge < -0.3 is 19.4 Å². The zero-order valence-electron chi connectivity index (χ0n) is 29.4. The van der Waals surface area contributed by atoms with Crippen molar-refractivity contribution in [2.24, 2.45) is 5.92 Å². The van der Waals surface area contributed by atoms with Crippen molar-refractivity contribution in [3.63, 3.8) is 0 Å². The highest BCUT2D eigenvalue weighted by Crippen LogP contribution is 2.44. The number of hydrogen-bond donors (Lipinski definition) is 1. The van der Waals surface area contributed by atoms with Gasteiger partial charge in [0.2, 0.25) is 0 Å². The number of esters is 1. The highest BCUT2D eigenvalue weighted by atomic mass is 16.6. The third-order valence-corrected chi connectivity index (χ3v) is 10.3. The van der Waals surface area contributed by atoms with Gasteiger partial charge in [-0.05, 0) is 72.1 Å². The van der Waals surface area contributed by atoms with Crippen molar-refractivity contribution in [2.75, 3.05) is 13.2 Å². The van der Waals surface area contributed by atoms with E-state index in [9.17, 15) is 14.4 Å². The largest absolute Gasteiger partial charge is 0.464 e. The van der Waals surface area contributed by atoms with Crippen LogP contribution < -0.4 is 11.0 Å². The number of hydrogen-bond acceptors (Lipinski definition) is 7. The first-order valence-corrected chi connectivity index (χ1v) is 18.2. The van der Waals surface area contributed by atoms with E-state index in [1.54, 1.807) is 17.0 Å². The summed E-state index contributed by atoms with van der Waals surface area (Å²) in [7, 11) is 0. The number of imidazole rings is 2. The predicted molar refractivity (Wildman–Crippen MR) is 198 cm³/mol. The fraction of sp³-hybridized carbons (Fsp3) is 0.341. The van der Waals surface area contributed by atoms with Gasteiger partial charge in [-0.3, -0.25) is 14.1 Å². The molecule has 266 valence electrons. The maximum atomic E-state index is 13.6. The second-order valence-corrected chi connectivity index (χ2v) is 14.1. The Morgan fingerprint density at radius 2 is 1.56 bits per heavy atom. The number of aryl methyl sites for hydroxylation is 1. The minimum Gasteiger partial charge on any atom is -0.464 e. The van der Waals surface area contributed by atoms with Crippen LogP contribution in [0, 0.1) is 5.92 Å². The molecule has 0 bridgehead atoms. The van der Waals surface area contributed by atoms with Crippen molar-refractivity contribution in [2.45, 2.75) is 70.6 Å². The summed E-state index contributed by atoms with van der Waals surface area (Å²) < 4.78 is 17.2. The monoisotopic (exact) mass is 698 g/mol. The molecular formula is C41H42N6O5. The van der Waals surface area contributed by atoms with E-state index >= 15 is 0 Å². The molecule has 3 aromatic heterocycles. The van der Waals surface area contributed by atoms with Gasteiger partial charge in [-0.15, -0.1) is 0 Å². The van der Waals surface area contributed by atoms with Crippen LogP contribution in [0.4, 0.5) is 4.79 Å². The van der Waals surface area contributed by atoms with Gasteiger partial charge >= 0.3 is 17.8 Å². The number of benzene rings is 3. The van der Waals surface area contributed by atoms with E-state index in [0.29, 0.717) is 25.9 Å². The van der Waals surface area contributed by atoms with Gasteiger partial charge in [0.15, 0.2) is 0 Å². The minimum absolute atomic E-state index is 0.0394. The molecule has 6 aromatic rings. The van der Waals surface area contributed by atoms with Crippen LogP contribution in [0.5, 0.6) is 0 Å². The number of pyridine rings is 1. The number of alkyl carbamates (subject to hydrolysis) is 1. The Morgan fingerprint density at radius 1 is 0.846 bits per heavy atom. The highest BCUT2D eigenvalue weighted by Gasteiger charge is 2.32. The Balaban J connectivity index is 0.876. The number of aromatic nitrogens is 5. The average molecular weight is 699 g/mol. The lowest BCUT2D eigenvalue weighted by atomic mass is 9.98. The Labute approximate surface area is 301 Å². The van der Waals surface area contributed by atoms with Gasteiger partial charge in [-0.1, -0.05) is 74.5 Å². The summed E-state index contributed by atoms with van der Waals surface area (Å²) in [6.07, 6.45) is 6.18. The van der Waals surface area contributed by atoms with Crippen LogP contribution in [0.1, 0.15) is 68.4 Å². The van der Waals surface area contributed by atoms with Crippen LogP contribution in [0.2, 0.25) is 0 Å². The number of ether oxygens (including phenoxy) is 2. The topological polar surface area (TPSA) is 122 Å². The molecule has 1 atom stereocenters. The Morgan fingerprint density at radius 3 is 2.29 bits per heavy atom. The number of unbranched alkanes of at least 4 members (excludes halogenated alkanes) is 1. The summed E-state index contributed by atoms with van der Waals surface area (Å²) in [5.41, 5.74) is 8.06. The molecule has 1 N–H and O–H groups in total. The molecule has 0 unspecified atom stereocenters. The van der Waals surface area contributed by atoms with Crippen molar-refractivity contribution >= 4 is 34.1 Å². The number of carbonyl (C=O) groups excluding carboxylic acids is 2. The maximum Gasteiger partial charge on any atom is 0.407 e. The van der Waals surface area contributed by atoms with Crippen molar-refractivity contribution < 1.29 is 19.1 Å². The molecule has 1 amide bonds. The van der Waals surface area contributed by atoms with Crippen LogP contribution in [0.3, 0.4) is 0 Å². The Bertz CT molecular complexity index is 2290. The van der Waals surface area contributed by atoms with Gasteiger partial charge in [-0.25, -0.2) is 19.4 Å². The molecule has 8 rings (SSSR count). The third-order valence-electron chi connectivity index (χ3n) is 10.3. The van der Waals surface area contributed by atoms with Gasteiger partial charge in [0.05, 0.1) is 41.4 Å². The molecule has 11 nitrogen and oxygen atoms in total. The van der Waals surface area contributed by atoms with Gasteiger partial charge in [0.25, 0.3) is 0 Å². The summed E-state index contributed by atoms with van der Waals surface area (Å²) in [6, 6.07) is 25.6. The normalized spacial score (nSPS) is 14.4. The van der Waals surface area contributed by atoms with E-state index in [1.807, 2.05) is 73.0 Å². The second-order valence-electron chi connectivity index (χ2n) is 14.1. The molecule has 0 saturated heterocycles. The standard InChI is InChI=1S/C41H42N6O5/c1-26(2)38(44-40(49)52-25-32-30-13-5-3-11-28(30)29-12-4-6-14-31(29)32)39(48)51-22-10-9-21-45-34-16-8-7-15-33(34)43-37(45)24-46-36-23-42-20-19-35(36)47(41(46)50)27-17-18-27/h3-8,11-16,19-20,23,26-27,32,38H,9-10,17-18,21-22,24-25H2,1-2H3,(H,44,49)/t38-/m0/s1. The quantitative estimate of drug-likeness (QED) is 0.104. The molecule has 1 saturated carbocycles. The molecule has 0 spiro atoms. The number of fused-ring (bicyclic) bond motifs is 5. The number of nitrogens with zero attached hydrogens (tertiary/aromatic N) is 5. The van der Waals surface area contributed by atoms with Crippen LogP contribution in [0.25, 0.3) is 33.2 Å². The number of para-hydroxylation sites is 2. The molecule has 2 aliphatic carbocycles. The Hall–Kier alpha value is -5.71. The van der Waals surface area contributed by atoms with E-state index in [-0.39, 0.29) is 36.8 Å². The summed E-state index contributed by atoms with van der Waals surface area (Å²) in [6.45, 7) is 5.06. The van der Waals surface area contributed by atoms with Crippen molar-refractivity contribution in [1.29, 1.82) is 0 Å². The second kappa shape index (κ2) is 14.1. The third kappa shape index (κ3) is 6.35. The first kappa shape index (κ1) is 33.4. The number of nitrogens with one attached hydrogen (secondary N) is 1. The molecule has 0 aliphatic heterocycles. The highest BCUT2D eigenvalue weighted by molar-refractivity contribution is 5.82.